The van der Waals surface area contributed by atoms with E-state index in [1.807, 2.05) is 26.8 Å². The fraction of sp³-hybridized carbons (Fsp3) is 0.231. The van der Waals surface area contributed by atoms with Gasteiger partial charge in [0.25, 0.3) is 0 Å². The van der Waals surface area contributed by atoms with Crippen LogP contribution in [0.15, 0.2) is 24.3 Å². The van der Waals surface area contributed by atoms with E-state index in [0.29, 0.717) is 5.69 Å². The zero-order valence-electron chi connectivity index (χ0n) is 9.51. The number of halogens is 2. The highest BCUT2D eigenvalue weighted by atomic mass is 19.1. The van der Waals surface area contributed by atoms with Gasteiger partial charge in [0, 0.05) is 17.5 Å². The predicted octanol–water partition coefficient (Wildman–Crippen LogP) is 3.68. The minimum absolute atomic E-state index is 0.393. The molecular weight excluding hydrogens is 208 g/mol. The predicted molar refractivity (Wildman–Crippen MR) is 59.9 cm³/mol. The molecule has 3 heteroatoms. The summed E-state index contributed by atoms with van der Waals surface area (Å²) in [5.74, 6) is -1.10. The summed E-state index contributed by atoms with van der Waals surface area (Å²) < 4.78 is 28.3. The summed E-state index contributed by atoms with van der Waals surface area (Å²) in [7, 11) is 0. The van der Waals surface area contributed by atoms with Gasteiger partial charge in [-0.1, -0.05) is 0 Å². The van der Waals surface area contributed by atoms with Crippen LogP contribution in [0.4, 0.5) is 8.78 Å². The fourth-order valence-electron chi connectivity index (χ4n) is 1.96. The first-order valence-corrected chi connectivity index (χ1v) is 5.11. The number of aromatic nitrogens is 1. The van der Waals surface area contributed by atoms with Crippen molar-refractivity contribution in [2.75, 3.05) is 0 Å². The van der Waals surface area contributed by atoms with Crippen LogP contribution in [0.2, 0.25) is 0 Å². The zero-order chi connectivity index (χ0) is 11.9. The van der Waals surface area contributed by atoms with Crippen LogP contribution in [0.5, 0.6) is 0 Å². The third-order valence-corrected chi connectivity index (χ3v) is 2.83. The van der Waals surface area contributed by atoms with Crippen LogP contribution in [0.1, 0.15) is 17.0 Å². The number of benzene rings is 1. The minimum Gasteiger partial charge on any atom is -0.316 e. The molecule has 0 atom stereocenters. The van der Waals surface area contributed by atoms with Crippen molar-refractivity contribution in [2.45, 2.75) is 20.8 Å². The maximum atomic E-state index is 13.6. The van der Waals surface area contributed by atoms with E-state index in [1.165, 1.54) is 12.1 Å². The second-order valence-electron chi connectivity index (χ2n) is 3.99. The summed E-state index contributed by atoms with van der Waals surface area (Å²) in [5.41, 5.74) is 3.41. The molecule has 0 unspecified atom stereocenters. The molecule has 0 saturated carbocycles. The Morgan fingerprint density at radius 1 is 1.00 bits per heavy atom. The lowest BCUT2D eigenvalue weighted by molar-refractivity contribution is 0.576. The van der Waals surface area contributed by atoms with Crippen LogP contribution in [-0.2, 0) is 0 Å². The van der Waals surface area contributed by atoms with E-state index in [-0.39, 0.29) is 0 Å². The van der Waals surface area contributed by atoms with Gasteiger partial charge in [-0.2, -0.15) is 0 Å². The van der Waals surface area contributed by atoms with Crippen molar-refractivity contribution in [2.24, 2.45) is 0 Å². The summed E-state index contributed by atoms with van der Waals surface area (Å²) in [5, 5.41) is 0. The first-order chi connectivity index (χ1) is 7.50. The lowest BCUT2D eigenvalue weighted by Crippen LogP contribution is -2.02. The Hall–Kier alpha value is -1.64. The first-order valence-electron chi connectivity index (χ1n) is 5.11. The molecule has 0 amide bonds. The number of nitrogens with zero attached hydrogens (tertiary/aromatic N) is 1. The number of rotatable bonds is 1. The molecule has 84 valence electrons. The smallest absolute Gasteiger partial charge is 0.150 e. The highest BCUT2D eigenvalue weighted by Gasteiger charge is 2.11. The molecule has 0 aliphatic rings. The normalized spacial score (nSPS) is 10.8. The van der Waals surface area contributed by atoms with Crippen LogP contribution in [-0.4, -0.2) is 4.57 Å². The molecule has 0 fully saturated rings. The molecule has 0 bridgehead atoms. The zero-order valence-corrected chi connectivity index (χ0v) is 9.51. The van der Waals surface area contributed by atoms with Crippen LogP contribution in [0.25, 0.3) is 5.69 Å². The van der Waals surface area contributed by atoms with E-state index in [1.54, 1.807) is 4.57 Å². The first kappa shape index (κ1) is 10.9. The molecule has 1 aromatic heterocycles. The van der Waals surface area contributed by atoms with Crippen molar-refractivity contribution < 1.29 is 8.78 Å². The standard InChI is InChI=1S/C13H13F2N/c1-8-6-9(2)16(10(8)3)13-5-4-11(14)7-12(13)15/h4-7H,1-3H3. The third-order valence-electron chi connectivity index (χ3n) is 2.83. The van der Waals surface area contributed by atoms with E-state index in [9.17, 15) is 8.78 Å². The van der Waals surface area contributed by atoms with E-state index in [4.69, 9.17) is 0 Å². The monoisotopic (exact) mass is 221 g/mol. The lowest BCUT2D eigenvalue weighted by Gasteiger charge is -2.10. The van der Waals surface area contributed by atoms with Gasteiger partial charge in [-0.25, -0.2) is 8.78 Å². The second kappa shape index (κ2) is 3.74. The van der Waals surface area contributed by atoms with Crippen molar-refractivity contribution in [3.63, 3.8) is 0 Å². The highest BCUT2D eigenvalue weighted by Crippen LogP contribution is 2.22. The molecule has 2 rings (SSSR count). The molecule has 0 spiro atoms. The molecular formula is C13H13F2N. The summed E-state index contributed by atoms with van der Waals surface area (Å²) in [4.78, 5) is 0. The number of hydrogen-bond acceptors (Lipinski definition) is 0. The quantitative estimate of drug-likeness (QED) is 0.692. The van der Waals surface area contributed by atoms with Crippen LogP contribution in [0.3, 0.4) is 0 Å². The largest absolute Gasteiger partial charge is 0.316 e. The topological polar surface area (TPSA) is 4.93 Å². The second-order valence-corrected chi connectivity index (χ2v) is 3.99. The SMILES string of the molecule is Cc1cc(C)n(-c2ccc(F)cc2F)c1C. The molecule has 0 N–H and O–H groups in total. The average Bonchev–Trinajstić information content (AvgIpc) is 2.43. The van der Waals surface area contributed by atoms with Gasteiger partial charge in [0.05, 0.1) is 5.69 Å². The number of hydrogen-bond donors (Lipinski definition) is 0. The van der Waals surface area contributed by atoms with Gasteiger partial charge in [-0.3, -0.25) is 0 Å². The van der Waals surface area contributed by atoms with Gasteiger partial charge in [0.15, 0.2) is 0 Å². The van der Waals surface area contributed by atoms with E-state index in [0.717, 1.165) is 23.0 Å². The van der Waals surface area contributed by atoms with Crippen LogP contribution < -0.4 is 0 Å². The Kier molecular flexibility index (Phi) is 2.54. The van der Waals surface area contributed by atoms with Crippen LogP contribution >= 0.6 is 0 Å². The van der Waals surface area contributed by atoms with Gasteiger partial charge in [0.2, 0.25) is 0 Å². The molecule has 1 aromatic carbocycles. The molecule has 0 radical (unpaired) electrons. The maximum Gasteiger partial charge on any atom is 0.150 e. The number of aryl methyl sites for hydroxylation is 2. The molecule has 1 nitrogen and oxygen atoms in total. The molecule has 1 heterocycles. The van der Waals surface area contributed by atoms with Gasteiger partial charge >= 0.3 is 0 Å². The molecule has 16 heavy (non-hydrogen) atoms. The summed E-state index contributed by atoms with van der Waals surface area (Å²) in [6.07, 6.45) is 0. The van der Waals surface area contributed by atoms with Crippen molar-refractivity contribution >= 4 is 0 Å². The Morgan fingerprint density at radius 3 is 2.19 bits per heavy atom. The minimum atomic E-state index is -0.555. The molecule has 0 aliphatic carbocycles. The Morgan fingerprint density at radius 2 is 1.69 bits per heavy atom. The average molecular weight is 221 g/mol. The third kappa shape index (κ3) is 1.62. The Balaban J connectivity index is 2.67. The summed E-state index contributed by atoms with van der Waals surface area (Å²) >= 11 is 0. The molecule has 0 aliphatic heterocycles. The molecule has 2 aromatic rings. The fourth-order valence-corrected chi connectivity index (χ4v) is 1.96. The van der Waals surface area contributed by atoms with Gasteiger partial charge in [-0.15, -0.1) is 0 Å². The van der Waals surface area contributed by atoms with Crippen molar-refractivity contribution in [3.8, 4) is 5.69 Å². The maximum absolute atomic E-state index is 13.6. The van der Waals surface area contributed by atoms with Crippen LogP contribution in [0, 0.1) is 32.4 Å². The Labute approximate surface area is 93.3 Å². The van der Waals surface area contributed by atoms with Crippen molar-refractivity contribution in [3.05, 3.63) is 52.9 Å². The lowest BCUT2D eigenvalue weighted by atomic mass is 10.2. The van der Waals surface area contributed by atoms with Gasteiger partial charge in [-0.05, 0) is 44.5 Å². The summed E-state index contributed by atoms with van der Waals surface area (Å²) in [6, 6.07) is 5.62. The summed E-state index contributed by atoms with van der Waals surface area (Å²) in [6.45, 7) is 5.80. The van der Waals surface area contributed by atoms with E-state index in [2.05, 4.69) is 0 Å². The van der Waals surface area contributed by atoms with Crippen molar-refractivity contribution in [1.29, 1.82) is 0 Å². The van der Waals surface area contributed by atoms with Crippen molar-refractivity contribution in [1.82, 2.24) is 4.57 Å². The van der Waals surface area contributed by atoms with E-state index < -0.39 is 11.6 Å². The molecule has 0 saturated heterocycles. The van der Waals surface area contributed by atoms with Gasteiger partial charge < -0.3 is 4.57 Å². The van der Waals surface area contributed by atoms with Gasteiger partial charge in [0.1, 0.15) is 11.6 Å². The van der Waals surface area contributed by atoms with E-state index >= 15 is 0 Å². The highest BCUT2D eigenvalue weighted by molar-refractivity contribution is 5.41. The Bertz CT molecular complexity index is 541.